The average Bonchev–Trinajstić information content (AvgIpc) is 3.24. The highest BCUT2D eigenvalue weighted by molar-refractivity contribution is 5.71. The second-order valence-electron chi connectivity index (χ2n) is 15.8. The van der Waals surface area contributed by atoms with Gasteiger partial charge in [0.05, 0.1) is 0 Å². The fourth-order valence-electron chi connectivity index (χ4n) is 6.41. The van der Waals surface area contributed by atoms with Crippen LogP contribution in [0.1, 0.15) is 207 Å². The van der Waals surface area contributed by atoms with Gasteiger partial charge in [-0.25, -0.2) is 0 Å². The summed E-state index contributed by atoms with van der Waals surface area (Å²) >= 11 is 0. The predicted molar refractivity (Wildman–Crippen MR) is 256 cm³/mol. The lowest BCUT2D eigenvalue weighted by Crippen LogP contribution is -2.30. The molecular weight excluding hydrogens is 745 g/mol. The molecule has 0 saturated carbocycles. The van der Waals surface area contributed by atoms with Crippen molar-refractivity contribution in [3.63, 3.8) is 0 Å². The minimum atomic E-state index is -0.821. The van der Waals surface area contributed by atoms with Crippen LogP contribution in [-0.4, -0.2) is 37.2 Å². The fraction of sp³-hybridized carbons (Fsp3) is 0.648. The molecule has 0 aromatic rings. The molecule has 0 heterocycles. The molecule has 0 aromatic carbocycles. The number of hydrogen-bond donors (Lipinski definition) is 0. The quantitative estimate of drug-likeness (QED) is 0.0264. The maximum Gasteiger partial charge on any atom is 0.306 e. The van der Waals surface area contributed by atoms with Gasteiger partial charge in [-0.1, -0.05) is 234 Å². The maximum atomic E-state index is 12.7. The number of ether oxygens (including phenoxy) is 3. The molecule has 60 heavy (non-hydrogen) atoms. The summed E-state index contributed by atoms with van der Waals surface area (Å²) in [6, 6.07) is 0. The lowest BCUT2D eigenvalue weighted by atomic mass is 10.0. The van der Waals surface area contributed by atoms with E-state index in [2.05, 4.69) is 57.2 Å². The van der Waals surface area contributed by atoms with Crippen LogP contribution < -0.4 is 0 Å². The lowest BCUT2D eigenvalue weighted by molar-refractivity contribution is -0.167. The van der Waals surface area contributed by atoms with Crippen LogP contribution in [0.5, 0.6) is 0 Å². The smallest absolute Gasteiger partial charge is 0.306 e. The Morgan fingerprint density at radius 3 is 1.07 bits per heavy atom. The zero-order valence-electron chi connectivity index (χ0n) is 38.7. The van der Waals surface area contributed by atoms with Crippen LogP contribution in [0.3, 0.4) is 0 Å². The summed E-state index contributed by atoms with van der Waals surface area (Å²) in [5.74, 6) is -1.01. The molecule has 0 saturated heterocycles. The summed E-state index contributed by atoms with van der Waals surface area (Å²) in [6.07, 6.45) is 62.6. The minimum Gasteiger partial charge on any atom is -0.462 e. The molecule has 0 aromatic heterocycles. The average molecular weight is 833 g/mol. The molecule has 1 atom stereocenters. The Labute approximate surface area is 368 Å². The van der Waals surface area contributed by atoms with E-state index in [1.807, 2.05) is 60.8 Å². The largest absolute Gasteiger partial charge is 0.462 e. The van der Waals surface area contributed by atoms with E-state index >= 15 is 0 Å². The molecule has 0 aliphatic rings. The normalized spacial score (nSPS) is 12.9. The Hall–Kier alpha value is -3.67. The van der Waals surface area contributed by atoms with Gasteiger partial charge in [0, 0.05) is 19.3 Å². The molecule has 0 spiro atoms. The number of rotatable bonds is 42. The number of carbonyl (C=O) groups is 3. The second-order valence-corrected chi connectivity index (χ2v) is 15.8. The molecule has 340 valence electrons. The van der Waals surface area contributed by atoms with Gasteiger partial charge in [-0.3, -0.25) is 14.4 Å². The van der Waals surface area contributed by atoms with Crippen molar-refractivity contribution in [3.8, 4) is 0 Å². The summed E-state index contributed by atoms with van der Waals surface area (Å²) in [4.78, 5) is 37.8. The van der Waals surface area contributed by atoms with Gasteiger partial charge in [0.1, 0.15) is 13.2 Å². The van der Waals surface area contributed by atoms with Crippen LogP contribution in [0, 0.1) is 0 Å². The van der Waals surface area contributed by atoms with E-state index in [1.165, 1.54) is 83.5 Å². The molecule has 0 radical (unpaired) electrons. The van der Waals surface area contributed by atoms with E-state index in [0.717, 1.165) is 77.0 Å². The monoisotopic (exact) mass is 833 g/mol. The minimum absolute atomic E-state index is 0.112. The van der Waals surface area contributed by atoms with Crippen molar-refractivity contribution in [2.24, 2.45) is 0 Å². The van der Waals surface area contributed by atoms with Gasteiger partial charge in [-0.2, -0.15) is 0 Å². The van der Waals surface area contributed by atoms with Gasteiger partial charge >= 0.3 is 17.9 Å². The Morgan fingerprint density at radius 2 is 0.667 bits per heavy atom. The van der Waals surface area contributed by atoms with Gasteiger partial charge in [0.15, 0.2) is 6.10 Å². The zero-order chi connectivity index (χ0) is 43.7. The standard InChI is InChI=1S/C54H88O6/c1-4-7-10-13-16-19-22-25-26-27-30-32-35-38-41-44-47-53(56)59-50-51(60-54(57)48-45-42-39-36-33-29-24-21-18-15-12-9-6-3)49-58-52(55)46-43-40-37-34-31-28-23-20-17-14-11-8-5-2/h8-9,11-12,14-15,17-18,20-21,23-24,29,33,36,39,51H,4-7,10,13,16,19,22,25-28,30-32,34-35,37-38,40-50H2,1-3H3/b11-8+,12-9+,17-14+,18-15+,23-20+,24-21+,33-29+,39-36+. The first-order valence-electron chi connectivity index (χ1n) is 24.3. The Balaban J connectivity index is 4.49. The van der Waals surface area contributed by atoms with Crippen molar-refractivity contribution in [2.45, 2.75) is 213 Å². The fourth-order valence-corrected chi connectivity index (χ4v) is 6.41. The third-order valence-corrected chi connectivity index (χ3v) is 10.0. The van der Waals surface area contributed by atoms with Crippen LogP contribution in [0.4, 0.5) is 0 Å². The van der Waals surface area contributed by atoms with Gasteiger partial charge in [0.25, 0.3) is 0 Å². The molecule has 0 N–H and O–H groups in total. The number of unbranched alkanes of at least 4 members (excludes halogenated alkanes) is 21. The Bertz CT molecular complexity index is 1230. The highest BCUT2D eigenvalue weighted by atomic mass is 16.6. The first-order valence-corrected chi connectivity index (χ1v) is 24.3. The molecule has 0 fully saturated rings. The van der Waals surface area contributed by atoms with Crippen molar-refractivity contribution in [3.05, 3.63) is 97.2 Å². The Morgan fingerprint density at radius 1 is 0.350 bits per heavy atom. The first-order chi connectivity index (χ1) is 29.5. The summed E-state index contributed by atoms with van der Waals surface area (Å²) in [6.45, 7) is 6.27. The van der Waals surface area contributed by atoms with Crippen molar-refractivity contribution >= 4 is 17.9 Å². The third-order valence-electron chi connectivity index (χ3n) is 10.0. The summed E-state index contributed by atoms with van der Waals surface area (Å²) in [5, 5.41) is 0. The van der Waals surface area contributed by atoms with Crippen LogP contribution in [0.2, 0.25) is 0 Å². The van der Waals surface area contributed by atoms with Gasteiger partial charge in [0.2, 0.25) is 0 Å². The topological polar surface area (TPSA) is 78.9 Å². The molecule has 6 heteroatoms. The molecule has 0 aliphatic carbocycles. The molecule has 0 aliphatic heterocycles. The number of hydrogen-bond acceptors (Lipinski definition) is 6. The Kier molecular flexibility index (Phi) is 45.1. The molecule has 0 bridgehead atoms. The van der Waals surface area contributed by atoms with Crippen molar-refractivity contribution < 1.29 is 28.6 Å². The van der Waals surface area contributed by atoms with E-state index in [9.17, 15) is 14.4 Å². The van der Waals surface area contributed by atoms with Crippen molar-refractivity contribution in [1.29, 1.82) is 0 Å². The lowest BCUT2D eigenvalue weighted by Gasteiger charge is -2.18. The first kappa shape index (κ1) is 56.3. The van der Waals surface area contributed by atoms with Gasteiger partial charge < -0.3 is 14.2 Å². The third kappa shape index (κ3) is 45.4. The van der Waals surface area contributed by atoms with E-state index in [-0.39, 0.29) is 37.5 Å². The van der Waals surface area contributed by atoms with Crippen LogP contribution >= 0.6 is 0 Å². The summed E-state index contributed by atoms with van der Waals surface area (Å²) in [7, 11) is 0. The SMILES string of the molecule is CC/C=C/C=C/C=C/C=C/C=C/CCCC(=O)OC(COC(=O)CCCCCCC/C=C/C=C/C=C/CC)COC(=O)CCCCCCCCCCCCCCCCCC. The maximum absolute atomic E-state index is 12.7. The van der Waals surface area contributed by atoms with Crippen LogP contribution in [-0.2, 0) is 28.6 Å². The highest BCUT2D eigenvalue weighted by Gasteiger charge is 2.19. The predicted octanol–water partition coefficient (Wildman–Crippen LogP) is 15.8. The number of allylic oxidation sites excluding steroid dienone is 16. The van der Waals surface area contributed by atoms with Gasteiger partial charge in [-0.15, -0.1) is 0 Å². The molecule has 0 rings (SSSR count). The summed E-state index contributed by atoms with van der Waals surface area (Å²) < 4.78 is 16.7. The van der Waals surface area contributed by atoms with E-state index in [4.69, 9.17) is 14.2 Å². The van der Waals surface area contributed by atoms with Crippen molar-refractivity contribution in [2.75, 3.05) is 13.2 Å². The van der Waals surface area contributed by atoms with E-state index in [0.29, 0.717) is 19.3 Å². The van der Waals surface area contributed by atoms with E-state index in [1.54, 1.807) is 0 Å². The molecular formula is C54H88O6. The highest BCUT2D eigenvalue weighted by Crippen LogP contribution is 2.15. The van der Waals surface area contributed by atoms with Crippen LogP contribution in [0.25, 0.3) is 0 Å². The summed E-state index contributed by atoms with van der Waals surface area (Å²) in [5.41, 5.74) is 0. The van der Waals surface area contributed by atoms with E-state index < -0.39 is 6.10 Å². The van der Waals surface area contributed by atoms with Crippen LogP contribution in [0.15, 0.2) is 97.2 Å². The molecule has 0 amide bonds. The molecule has 1 unspecified atom stereocenters. The van der Waals surface area contributed by atoms with Gasteiger partial charge in [-0.05, 0) is 51.4 Å². The second kappa shape index (κ2) is 48.0. The number of carbonyl (C=O) groups excluding carboxylic acids is 3. The van der Waals surface area contributed by atoms with Crippen molar-refractivity contribution in [1.82, 2.24) is 0 Å². The zero-order valence-corrected chi connectivity index (χ0v) is 38.7. The molecule has 6 nitrogen and oxygen atoms in total. The number of esters is 3.